The van der Waals surface area contributed by atoms with Crippen LogP contribution in [-0.4, -0.2) is 30.4 Å². The number of carbonyl (C=O) groups is 2. The summed E-state index contributed by atoms with van der Waals surface area (Å²) in [5, 5.41) is 6.98. The SMILES string of the molecule is COC(=O)c1ccc(NC(=O)CN(Cc2cccs2)Cc2cccs2)cc1. The molecule has 0 aliphatic rings. The highest BCUT2D eigenvalue weighted by molar-refractivity contribution is 7.10. The van der Waals surface area contributed by atoms with Crippen molar-refractivity contribution in [2.24, 2.45) is 0 Å². The van der Waals surface area contributed by atoms with Crippen molar-refractivity contribution in [2.75, 3.05) is 19.0 Å². The summed E-state index contributed by atoms with van der Waals surface area (Å²) in [6.07, 6.45) is 0. The van der Waals surface area contributed by atoms with Gasteiger partial charge < -0.3 is 10.1 Å². The van der Waals surface area contributed by atoms with Crippen LogP contribution in [0.1, 0.15) is 20.1 Å². The second-order valence-electron chi connectivity index (χ2n) is 5.92. The maximum atomic E-state index is 12.5. The number of nitrogens with one attached hydrogen (secondary N) is 1. The molecule has 0 bridgehead atoms. The lowest BCUT2D eigenvalue weighted by Gasteiger charge is -2.20. The highest BCUT2D eigenvalue weighted by Gasteiger charge is 2.14. The Labute approximate surface area is 166 Å². The maximum Gasteiger partial charge on any atom is 0.337 e. The number of methoxy groups -OCH3 is 1. The number of hydrogen-bond donors (Lipinski definition) is 1. The van der Waals surface area contributed by atoms with Gasteiger partial charge in [0.1, 0.15) is 0 Å². The third-order valence-corrected chi connectivity index (χ3v) is 5.60. The van der Waals surface area contributed by atoms with Gasteiger partial charge in [0.05, 0.1) is 19.2 Å². The first-order chi connectivity index (χ1) is 13.1. The summed E-state index contributed by atoms with van der Waals surface area (Å²) in [6.45, 7) is 1.74. The number of thiophene rings is 2. The molecule has 3 rings (SSSR count). The van der Waals surface area contributed by atoms with Crippen LogP contribution in [0.5, 0.6) is 0 Å². The fourth-order valence-corrected chi connectivity index (χ4v) is 4.12. The number of esters is 1. The van der Waals surface area contributed by atoms with Crippen LogP contribution in [0, 0.1) is 0 Å². The van der Waals surface area contributed by atoms with E-state index in [2.05, 4.69) is 27.1 Å². The van der Waals surface area contributed by atoms with Crippen molar-refractivity contribution in [3.05, 3.63) is 74.6 Å². The quantitative estimate of drug-likeness (QED) is 0.575. The molecule has 1 amide bonds. The number of hydrogen-bond acceptors (Lipinski definition) is 6. The lowest BCUT2D eigenvalue weighted by Crippen LogP contribution is -2.32. The average molecular weight is 401 g/mol. The predicted molar refractivity (Wildman–Crippen MR) is 109 cm³/mol. The minimum atomic E-state index is -0.397. The minimum Gasteiger partial charge on any atom is -0.465 e. The molecule has 0 aliphatic heterocycles. The van der Waals surface area contributed by atoms with E-state index in [0.717, 1.165) is 13.1 Å². The number of anilines is 1. The van der Waals surface area contributed by atoms with Gasteiger partial charge in [-0.15, -0.1) is 22.7 Å². The molecule has 0 saturated carbocycles. The summed E-state index contributed by atoms with van der Waals surface area (Å²) >= 11 is 3.38. The van der Waals surface area contributed by atoms with Crippen molar-refractivity contribution in [1.82, 2.24) is 4.90 Å². The molecule has 1 aromatic carbocycles. The molecular formula is C20H20N2O3S2. The van der Waals surface area contributed by atoms with E-state index in [1.54, 1.807) is 46.9 Å². The Kier molecular flexibility index (Phi) is 6.75. The standard InChI is InChI=1S/C20H20N2O3S2/c1-25-20(24)15-6-8-16(9-7-15)21-19(23)14-22(12-17-4-2-10-26-17)13-18-5-3-11-27-18/h2-11H,12-14H2,1H3,(H,21,23). The molecule has 0 spiro atoms. The Hall–Kier alpha value is -2.48. The second-order valence-corrected chi connectivity index (χ2v) is 7.99. The van der Waals surface area contributed by atoms with Crippen molar-refractivity contribution in [3.8, 4) is 0 Å². The first-order valence-electron chi connectivity index (χ1n) is 8.39. The van der Waals surface area contributed by atoms with Gasteiger partial charge in [-0.1, -0.05) is 12.1 Å². The zero-order valence-electron chi connectivity index (χ0n) is 14.9. The van der Waals surface area contributed by atoms with Gasteiger partial charge in [-0.05, 0) is 47.2 Å². The van der Waals surface area contributed by atoms with Gasteiger partial charge in [0.15, 0.2) is 0 Å². The number of rotatable bonds is 8. The van der Waals surface area contributed by atoms with Crippen LogP contribution in [0.25, 0.3) is 0 Å². The zero-order chi connectivity index (χ0) is 19.1. The first kappa shape index (κ1) is 19.3. The second kappa shape index (κ2) is 9.45. The largest absolute Gasteiger partial charge is 0.465 e. The maximum absolute atomic E-state index is 12.5. The van der Waals surface area contributed by atoms with Gasteiger partial charge >= 0.3 is 5.97 Å². The third kappa shape index (κ3) is 5.75. The van der Waals surface area contributed by atoms with Gasteiger partial charge in [0.2, 0.25) is 5.91 Å². The number of benzene rings is 1. The molecule has 0 saturated heterocycles. The number of ether oxygens (including phenoxy) is 1. The van der Waals surface area contributed by atoms with Crippen molar-refractivity contribution in [2.45, 2.75) is 13.1 Å². The summed E-state index contributed by atoms with van der Waals surface area (Å²) in [7, 11) is 1.34. The summed E-state index contributed by atoms with van der Waals surface area (Å²) in [5.74, 6) is -0.486. The average Bonchev–Trinajstić information content (AvgIpc) is 3.36. The van der Waals surface area contributed by atoms with E-state index in [4.69, 9.17) is 0 Å². The van der Waals surface area contributed by atoms with E-state index in [1.807, 2.05) is 22.9 Å². The Morgan fingerprint density at radius 1 is 0.963 bits per heavy atom. The predicted octanol–water partition coefficient (Wildman–Crippen LogP) is 4.24. The molecule has 2 heterocycles. The molecule has 0 unspecified atom stereocenters. The summed E-state index contributed by atoms with van der Waals surface area (Å²) in [4.78, 5) is 28.6. The molecule has 7 heteroatoms. The monoisotopic (exact) mass is 400 g/mol. The molecule has 27 heavy (non-hydrogen) atoms. The number of nitrogens with zero attached hydrogens (tertiary/aromatic N) is 1. The van der Waals surface area contributed by atoms with Crippen LogP contribution >= 0.6 is 22.7 Å². The Morgan fingerprint density at radius 2 is 1.56 bits per heavy atom. The molecule has 0 aliphatic carbocycles. The fraction of sp³-hybridized carbons (Fsp3) is 0.200. The fourth-order valence-electron chi connectivity index (χ4n) is 2.62. The highest BCUT2D eigenvalue weighted by Crippen LogP contribution is 2.17. The molecule has 1 N–H and O–H groups in total. The Bertz CT molecular complexity index is 823. The number of amides is 1. The van der Waals surface area contributed by atoms with Gasteiger partial charge in [-0.2, -0.15) is 0 Å². The van der Waals surface area contributed by atoms with Crippen LogP contribution in [0.2, 0.25) is 0 Å². The van der Waals surface area contributed by atoms with Gasteiger partial charge in [-0.3, -0.25) is 9.69 Å². The number of carbonyl (C=O) groups excluding carboxylic acids is 2. The van der Waals surface area contributed by atoms with Crippen molar-refractivity contribution < 1.29 is 14.3 Å². The van der Waals surface area contributed by atoms with E-state index in [0.29, 0.717) is 11.3 Å². The van der Waals surface area contributed by atoms with Crippen LogP contribution in [0.3, 0.4) is 0 Å². The third-order valence-electron chi connectivity index (χ3n) is 3.88. The molecule has 2 aromatic heterocycles. The first-order valence-corrected chi connectivity index (χ1v) is 10.2. The van der Waals surface area contributed by atoms with Crippen molar-refractivity contribution >= 4 is 40.2 Å². The molecule has 0 atom stereocenters. The normalized spacial score (nSPS) is 10.7. The van der Waals surface area contributed by atoms with Crippen molar-refractivity contribution in [1.29, 1.82) is 0 Å². The lowest BCUT2D eigenvalue weighted by atomic mass is 10.2. The van der Waals surface area contributed by atoms with Crippen LogP contribution in [-0.2, 0) is 22.6 Å². The van der Waals surface area contributed by atoms with E-state index < -0.39 is 5.97 Å². The molecule has 5 nitrogen and oxygen atoms in total. The van der Waals surface area contributed by atoms with Gasteiger partial charge in [-0.25, -0.2) is 4.79 Å². The molecule has 0 fully saturated rings. The smallest absolute Gasteiger partial charge is 0.337 e. The van der Waals surface area contributed by atoms with Crippen LogP contribution in [0.4, 0.5) is 5.69 Å². The minimum absolute atomic E-state index is 0.0890. The molecule has 0 radical (unpaired) electrons. The molecule has 3 aromatic rings. The topological polar surface area (TPSA) is 58.6 Å². The Morgan fingerprint density at radius 3 is 2.04 bits per heavy atom. The Balaban J connectivity index is 1.62. The van der Waals surface area contributed by atoms with E-state index in [9.17, 15) is 9.59 Å². The van der Waals surface area contributed by atoms with Crippen molar-refractivity contribution in [3.63, 3.8) is 0 Å². The highest BCUT2D eigenvalue weighted by atomic mass is 32.1. The van der Waals surface area contributed by atoms with Crippen LogP contribution < -0.4 is 5.32 Å². The lowest BCUT2D eigenvalue weighted by molar-refractivity contribution is -0.117. The summed E-state index contributed by atoms with van der Waals surface area (Å²) in [6, 6.07) is 14.9. The summed E-state index contributed by atoms with van der Waals surface area (Å²) in [5.41, 5.74) is 1.10. The van der Waals surface area contributed by atoms with Gasteiger partial charge in [0.25, 0.3) is 0 Å². The van der Waals surface area contributed by atoms with E-state index in [-0.39, 0.29) is 12.5 Å². The molecular weight excluding hydrogens is 380 g/mol. The van der Waals surface area contributed by atoms with Gasteiger partial charge in [0, 0.05) is 28.5 Å². The zero-order valence-corrected chi connectivity index (χ0v) is 16.5. The summed E-state index contributed by atoms with van der Waals surface area (Å²) < 4.78 is 4.68. The molecule has 140 valence electrons. The van der Waals surface area contributed by atoms with Crippen LogP contribution in [0.15, 0.2) is 59.3 Å². The van der Waals surface area contributed by atoms with E-state index in [1.165, 1.54) is 16.9 Å². The van der Waals surface area contributed by atoms with E-state index >= 15 is 0 Å².